The molecule has 0 saturated heterocycles. The highest BCUT2D eigenvalue weighted by molar-refractivity contribution is 8.00. The van der Waals surface area contributed by atoms with Crippen molar-refractivity contribution in [3.8, 4) is 0 Å². The number of carbonyl (C=O) groups is 3. The number of nitrogens with zero attached hydrogens (tertiary/aromatic N) is 1. The minimum atomic E-state index is -0.991. The highest BCUT2D eigenvalue weighted by Crippen LogP contribution is 2.24. The van der Waals surface area contributed by atoms with Crippen LogP contribution in [-0.2, 0) is 27.2 Å². The summed E-state index contributed by atoms with van der Waals surface area (Å²) in [7, 11) is 0. The fraction of sp³-hybridized carbons (Fsp3) is 0.241. The first kappa shape index (κ1) is 29.4. The van der Waals surface area contributed by atoms with E-state index in [2.05, 4.69) is 10.5 Å². The number of hydrogen-bond donors (Lipinski definition) is 5. The Kier molecular flexibility index (Phi) is 11.5. The lowest BCUT2D eigenvalue weighted by molar-refractivity contribution is -0.140. The van der Waals surface area contributed by atoms with Crippen molar-refractivity contribution in [1.29, 1.82) is 0 Å². The van der Waals surface area contributed by atoms with Crippen LogP contribution in [0.15, 0.2) is 96.2 Å². The molecule has 204 valence electrons. The molecule has 10 heteroatoms. The van der Waals surface area contributed by atoms with Gasteiger partial charge in [-0.15, -0.1) is 0 Å². The number of rotatable bonds is 14. The van der Waals surface area contributed by atoms with E-state index in [4.69, 9.17) is 5.73 Å². The lowest BCUT2D eigenvalue weighted by Crippen LogP contribution is -2.51. The second kappa shape index (κ2) is 15.3. The fourth-order valence-corrected chi connectivity index (χ4v) is 5.35. The molecule has 3 rings (SSSR count). The summed E-state index contributed by atoms with van der Waals surface area (Å²) in [4.78, 5) is 38.7. The first-order valence-electron chi connectivity index (χ1n) is 12.4. The lowest BCUT2D eigenvalue weighted by atomic mass is 9.86. The zero-order valence-corrected chi connectivity index (χ0v) is 22.1. The van der Waals surface area contributed by atoms with Crippen LogP contribution in [0.2, 0.25) is 0 Å². The van der Waals surface area contributed by atoms with Gasteiger partial charge in [-0.2, -0.15) is 11.8 Å². The van der Waals surface area contributed by atoms with Crippen LogP contribution in [-0.4, -0.2) is 51.4 Å². The summed E-state index contributed by atoms with van der Waals surface area (Å²) < 4.78 is 0. The zero-order chi connectivity index (χ0) is 28.0. The second-order valence-corrected chi connectivity index (χ2v) is 9.99. The van der Waals surface area contributed by atoms with Crippen molar-refractivity contribution in [1.82, 2.24) is 10.8 Å². The Morgan fingerprint density at radius 2 is 1.33 bits per heavy atom. The van der Waals surface area contributed by atoms with Crippen molar-refractivity contribution in [3.63, 3.8) is 0 Å². The Labute approximate surface area is 231 Å². The minimum Gasteiger partial charge on any atom is -0.411 e. The molecule has 0 heterocycles. The second-order valence-electron chi connectivity index (χ2n) is 8.96. The third-order valence-electron chi connectivity index (χ3n) is 6.27. The zero-order valence-electron chi connectivity index (χ0n) is 21.3. The van der Waals surface area contributed by atoms with E-state index < -0.39 is 35.6 Å². The summed E-state index contributed by atoms with van der Waals surface area (Å²) in [5, 5.41) is 25.1. The van der Waals surface area contributed by atoms with Crippen molar-refractivity contribution in [3.05, 3.63) is 108 Å². The molecule has 0 aromatic heterocycles. The number of thioether (sulfide) groups is 1. The van der Waals surface area contributed by atoms with Gasteiger partial charge in [-0.3, -0.25) is 19.6 Å². The van der Waals surface area contributed by atoms with Gasteiger partial charge < -0.3 is 16.3 Å². The highest BCUT2D eigenvalue weighted by Gasteiger charge is 2.35. The van der Waals surface area contributed by atoms with E-state index in [1.165, 1.54) is 11.8 Å². The maximum absolute atomic E-state index is 13.6. The number of nitrogens with two attached hydrogens (primary N) is 1. The molecule has 3 atom stereocenters. The number of hydroxylamine groups is 1. The molecule has 6 N–H and O–H groups in total. The van der Waals surface area contributed by atoms with Crippen molar-refractivity contribution >= 4 is 35.2 Å². The van der Waals surface area contributed by atoms with E-state index in [9.17, 15) is 24.8 Å². The van der Waals surface area contributed by atoms with Crippen LogP contribution in [0, 0.1) is 11.8 Å². The van der Waals surface area contributed by atoms with Crippen LogP contribution in [0.3, 0.4) is 0 Å². The molecule has 0 fully saturated rings. The standard InChI is InChI=1S/C29H32N4O5S/c30-27(34)25(17-21-12-6-2-7-13-21)31-28(35)23(16-20-10-4-1-5-11-20)24(29(36)33-38)18-39-19-26(32-37)22-14-8-3-9-15-22/h1-15,23-25,37-38H,16-19H2,(H2,30,34)(H,31,35)(H,33,36)/b32-26+/t23-,24+,25+/m1/s1. The van der Waals surface area contributed by atoms with Crippen LogP contribution in [0.5, 0.6) is 0 Å². The number of benzene rings is 3. The average Bonchev–Trinajstić information content (AvgIpc) is 2.97. The number of amides is 3. The molecule has 0 aliphatic carbocycles. The molecule has 0 bridgehead atoms. The quantitative estimate of drug-likeness (QED) is 0.0903. The maximum atomic E-state index is 13.6. The Balaban J connectivity index is 1.82. The molecule has 39 heavy (non-hydrogen) atoms. The Morgan fingerprint density at radius 1 is 0.795 bits per heavy atom. The van der Waals surface area contributed by atoms with Gasteiger partial charge in [0, 0.05) is 23.5 Å². The number of nitrogens with one attached hydrogen (secondary N) is 2. The van der Waals surface area contributed by atoms with Crippen molar-refractivity contribution < 1.29 is 24.8 Å². The molecule has 3 aromatic carbocycles. The van der Waals surface area contributed by atoms with E-state index in [1.54, 1.807) is 17.6 Å². The van der Waals surface area contributed by atoms with E-state index in [-0.39, 0.29) is 24.3 Å². The largest absolute Gasteiger partial charge is 0.411 e. The average molecular weight is 549 g/mol. The molecule has 0 aliphatic heterocycles. The van der Waals surface area contributed by atoms with Gasteiger partial charge in [0.25, 0.3) is 0 Å². The van der Waals surface area contributed by atoms with E-state index in [0.717, 1.165) is 16.7 Å². The van der Waals surface area contributed by atoms with Crippen molar-refractivity contribution in [2.45, 2.75) is 18.9 Å². The Bertz CT molecular complexity index is 1240. The summed E-state index contributed by atoms with van der Waals surface area (Å²) >= 11 is 1.28. The van der Waals surface area contributed by atoms with Gasteiger partial charge in [0.1, 0.15) is 6.04 Å². The number of hydrogen-bond acceptors (Lipinski definition) is 7. The number of carbonyl (C=O) groups excluding carboxylic acids is 3. The first-order chi connectivity index (χ1) is 18.9. The number of primary amides is 1. The third-order valence-corrected chi connectivity index (χ3v) is 7.35. The summed E-state index contributed by atoms with van der Waals surface area (Å²) in [5.74, 6) is -3.49. The van der Waals surface area contributed by atoms with Crippen LogP contribution in [0.1, 0.15) is 16.7 Å². The molecule has 0 saturated carbocycles. The summed E-state index contributed by atoms with van der Waals surface area (Å²) in [5.41, 5.74) is 10.1. The van der Waals surface area contributed by atoms with E-state index in [0.29, 0.717) is 5.71 Å². The van der Waals surface area contributed by atoms with Crippen LogP contribution >= 0.6 is 11.8 Å². The molecular weight excluding hydrogens is 516 g/mol. The summed E-state index contributed by atoms with van der Waals surface area (Å²) in [6, 6.07) is 26.4. The van der Waals surface area contributed by atoms with Gasteiger partial charge in [-0.1, -0.05) is 96.2 Å². The van der Waals surface area contributed by atoms with Crippen LogP contribution in [0.4, 0.5) is 0 Å². The molecule has 0 aliphatic rings. The van der Waals surface area contributed by atoms with Gasteiger partial charge in [0.05, 0.1) is 17.5 Å². The highest BCUT2D eigenvalue weighted by atomic mass is 32.2. The monoisotopic (exact) mass is 548 g/mol. The molecule has 0 spiro atoms. The molecule has 9 nitrogen and oxygen atoms in total. The Hall–Kier alpha value is -4.15. The molecule has 3 amide bonds. The predicted molar refractivity (Wildman–Crippen MR) is 150 cm³/mol. The molecule has 3 aromatic rings. The van der Waals surface area contributed by atoms with E-state index in [1.807, 2.05) is 78.9 Å². The first-order valence-corrected chi connectivity index (χ1v) is 13.5. The summed E-state index contributed by atoms with van der Waals surface area (Å²) in [6.07, 6.45) is 0.376. The van der Waals surface area contributed by atoms with Crippen LogP contribution in [0.25, 0.3) is 0 Å². The SMILES string of the molecule is NC(=O)[C@H](Cc1ccccc1)NC(=O)[C@H](Cc1ccccc1)[C@H](CSC/C(=N\O)c1ccccc1)C(=O)NO. The summed E-state index contributed by atoms with van der Waals surface area (Å²) in [6.45, 7) is 0. The maximum Gasteiger partial charge on any atom is 0.248 e. The van der Waals surface area contributed by atoms with Gasteiger partial charge >= 0.3 is 0 Å². The minimum absolute atomic E-state index is 0.128. The third kappa shape index (κ3) is 8.98. The fourth-order valence-electron chi connectivity index (χ4n) is 4.18. The molecule has 0 radical (unpaired) electrons. The molecule has 0 unspecified atom stereocenters. The van der Waals surface area contributed by atoms with Crippen LogP contribution < -0.4 is 16.5 Å². The lowest BCUT2D eigenvalue weighted by Gasteiger charge is -2.27. The predicted octanol–water partition coefficient (Wildman–Crippen LogP) is 2.79. The van der Waals surface area contributed by atoms with Gasteiger partial charge in [0.15, 0.2) is 0 Å². The number of oxime groups is 1. The molecular formula is C29H32N4O5S. The van der Waals surface area contributed by atoms with Gasteiger partial charge in [-0.05, 0) is 17.5 Å². The van der Waals surface area contributed by atoms with E-state index >= 15 is 0 Å². The Morgan fingerprint density at radius 3 is 1.85 bits per heavy atom. The van der Waals surface area contributed by atoms with Crippen molar-refractivity contribution in [2.75, 3.05) is 11.5 Å². The van der Waals surface area contributed by atoms with Gasteiger partial charge in [-0.25, -0.2) is 5.48 Å². The van der Waals surface area contributed by atoms with Gasteiger partial charge in [0.2, 0.25) is 17.7 Å². The topological polar surface area (TPSA) is 154 Å². The normalized spacial score (nSPS) is 13.6. The smallest absolute Gasteiger partial charge is 0.248 e. The van der Waals surface area contributed by atoms with Crippen molar-refractivity contribution in [2.24, 2.45) is 22.7 Å².